The molecule has 0 aliphatic heterocycles. The molecule has 2 nitrogen and oxygen atoms in total. The fraction of sp³-hybridized carbons (Fsp3) is 0.385. The molecule has 0 fully saturated rings. The molecular formula is C13H18O2. The van der Waals surface area contributed by atoms with Gasteiger partial charge >= 0.3 is 0 Å². The van der Waals surface area contributed by atoms with Crippen LogP contribution in [0.4, 0.5) is 0 Å². The van der Waals surface area contributed by atoms with Crippen LogP contribution in [0.3, 0.4) is 0 Å². The van der Waals surface area contributed by atoms with Gasteiger partial charge in [-0.25, -0.2) is 0 Å². The van der Waals surface area contributed by atoms with Gasteiger partial charge in [0.25, 0.3) is 0 Å². The number of hydrogen-bond acceptors (Lipinski definition) is 2. The SMILES string of the molecule is CC.CCCOc1ccc2occc2c1. The summed E-state index contributed by atoms with van der Waals surface area (Å²) in [6.45, 7) is 6.86. The largest absolute Gasteiger partial charge is 0.494 e. The van der Waals surface area contributed by atoms with Crippen LogP contribution in [0.25, 0.3) is 11.0 Å². The second-order valence-electron chi connectivity index (χ2n) is 2.97. The first-order valence-electron chi connectivity index (χ1n) is 5.50. The van der Waals surface area contributed by atoms with Crippen molar-refractivity contribution in [2.24, 2.45) is 0 Å². The van der Waals surface area contributed by atoms with Crippen LogP contribution in [-0.4, -0.2) is 6.61 Å². The van der Waals surface area contributed by atoms with E-state index in [0.29, 0.717) is 0 Å². The Morgan fingerprint density at radius 2 is 2.00 bits per heavy atom. The molecule has 0 amide bonds. The second-order valence-corrected chi connectivity index (χ2v) is 2.97. The third-order valence-electron chi connectivity index (χ3n) is 1.90. The van der Waals surface area contributed by atoms with Crippen molar-refractivity contribution in [3.63, 3.8) is 0 Å². The first-order chi connectivity index (χ1) is 7.40. The zero-order valence-corrected chi connectivity index (χ0v) is 9.62. The molecule has 0 aliphatic rings. The zero-order valence-electron chi connectivity index (χ0n) is 9.62. The average molecular weight is 206 g/mol. The standard InChI is InChI=1S/C11H12O2.C2H6/c1-2-6-12-10-3-4-11-9(8-10)5-7-13-11;1-2/h3-5,7-8H,2,6H2,1H3;1-2H3. The van der Waals surface area contributed by atoms with E-state index in [1.165, 1.54) is 0 Å². The van der Waals surface area contributed by atoms with Gasteiger partial charge in [0.15, 0.2) is 0 Å². The van der Waals surface area contributed by atoms with Gasteiger partial charge in [0.1, 0.15) is 11.3 Å². The highest BCUT2D eigenvalue weighted by Gasteiger charge is 1.98. The average Bonchev–Trinajstić information content (AvgIpc) is 2.76. The van der Waals surface area contributed by atoms with E-state index in [1.54, 1.807) is 6.26 Å². The van der Waals surface area contributed by atoms with Crippen molar-refractivity contribution in [2.75, 3.05) is 6.61 Å². The number of hydrogen-bond donors (Lipinski definition) is 0. The normalized spacial score (nSPS) is 9.53. The van der Waals surface area contributed by atoms with Crippen LogP contribution in [0.5, 0.6) is 5.75 Å². The monoisotopic (exact) mass is 206 g/mol. The van der Waals surface area contributed by atoms with E-state index >= 15 is 0 Å². The molecule has 0 atom stereocenters. The molecule has 2 aromatic rings. The minimum absolute atomic E-state index is 0.767. The Labute approximate surface area is 90.9 Å². The predicted octanol–water partition coefficient (Wildman–Crippen LogP) is 4.25. The summed E-state index contributed by atoms with van der Waals surface area (Å²) in [7, 11) is 0. The highest BCUT2D eigenvalue weighted by atomic mass is 16.5. The van der Waals surface area contributed by atoms with Crippen LogP contribution >= 0.6 is 0 Å². The first kappa shape index (κ1) is 11.6. The van der Waals surface area contributed by atoms with Gasteiger partial charge in [-0.05, 0) is 30.7 Å². The predicted molar refractivity (Wildman–Crippen MR) is 63.3 cm³/mol. The molecule has 0 unspecified atom stereocenters. The van der Waals surface area contributed by atoms with Gasteiger partial charge in [-0.2, -0.15) is 0 Å². The summed E-state index contributed by atoms with van der Waals surface area (Å²) in [4.78, 5) is 0. The zero-order chi connectivity index (χ0) is 11.1. The van der Waals surface area contributed by atoms with E-state index in [2.05, 4.69) is 6.92 Å². The molecule has 2 heteroatoms. The summed E-state index contributed by atoms with van der Waals surface area (Å²) in [6.07, 6.45) is 2.72. The first-order valence-corrected chi connectivity index (χ1v) is 5.50. The Morgan fingerprint density at radius 3 is 2.73 bits per heavy atom. The number of rotatable bonds is 3. The number of ether oxygens (including phenoxy) is 1. The van der Waals surface area contributed by atoms with Gasteiger partial charge in [0.05, 0.1) is 12.9 Å². The molecule has 0 spiro atoms. The van der Waals surface area contributed by atoms with E-state index in [9.17, 15) is 0 Å². The molecule has 0 saturated heterocycles. The Hall–Kier alpha value is -1.44. The quantitative estimate of drug-likeness (QED) is 0.749. The Kier molecular flexibility index (Phi) is 4.75. The maximum atomic E-state index is 5.49. The van der Waals surface area contributed by atoms with E-state index in [-0.39, 0.29) is 0 Å². The van der Waals surface area contributed by atoms with Crippen LogP contribution in [0, 0.1) is 0 Å². The van der Waals surface area contributed by atoms with Gasteiger partial charge in [0.2, 0.25) is 0 Å². The van der Waals surface area contributed by atoms with E-state index in [1.807, 2.05) is 38.1 Å². The van der Waals surface area contributed by atoms with E-state index < -0.39 is 0 Å². The summed E-state index contributed by atoms with van der Waals surface area (Å²) >= 11 is 0. The minimum Gasteiger partial charge on any atom is -0.494 e. The van der Waals surface area contributed by atoms with Crippen LogP contribution < -0.4 is 4.74 Å². The van der Waals surface area contributed by atoms with Gasteiger partial charge in [-0.1, -0.05) is 20.8 Å². The summed E-state index contributed by atoms with van der Waals surface area (Å²) in [5, 5.41) is 1.09. The minimum atomic E-state index is 0.767. The summed E-state index contributed by atoms with van der Waals surface area (Å²) in [6, 6.07) is 7.80. The Bertz CT molecular complexity index is 390. The maximum absolute atomic E-state index is 5.49. The lowest BCUT2D eigenvalue weighted by molar-refractivity contribution is 0.318. The number of benzene rings is 1. The van der Waals surface area contributed by atoms with Gasteiger partial charge < -0.3 is 9.15 Å². The molecule has 2 rings (SSSR count). The molecule has 0 N–H and O–H groups in total. The van der Waals surface area contributed by atoms with E-state index in [0.717, 1.165) is 29.7 Å². The fourth-order valence-corrected chi connectivity index (χ4v) is 1.25. The van der Waals surface area contributed by atoms with Gasteiger partial charge in [0, 0.05) is 5.39 Å². The van der Waals surface area contributed by atoms with Crippen molar-refractivity contribution in [1.29, 1.82) is 0 Å². The molecule has 82 valence electrons. The molecular weight excluding hydrogens is 188 g/mol. The Morgan fingerprint density at radius 1 is 1.20 bits per heavy atom. The highest BCUT2D eigenvalue weighted by molar-refractivity contribution is 5.78. The number of fused-ring (bicyclic) bond motifs is 1. The molecule has 0 bridgehead atoms. The van der Waals surface area contributed by atoms with Crippen LogP contribution in [0.1, 0.15) is 27.2 Å². The van der Waals surface area contributed by atoms with Crippen molar-refractivity contribution < 1.29 is 9.15 Å². The van der Waals surface area contributed by atoms with Crippen molar-refractivity contribution in [1.82, 2.24) is 0 Å². The lowest BCUT2D eigenvalue weighted by Crippen LogP contribution is -1.93. The second kappa shape index (κ2) is 6.12. The molecule has 1 aromatic carbocycles. The molecule has 0 saturated carbocycles. The van der Waals surface area contributed by atoms with Crippen molar-refractivity contribution >= 4 is 11.0 Å². The molecule has 1 aromatic heterocycles. The highest BCUT2D eigenvalue weighted by Crippen LogP contribution is 2.21. The smallest absolute Gasteiger partial charge is 0.134 e. The topological polar surface area (TPSA) is 22.4 Å². The van der Waals surface area contributed by atoms with Crippen LogP contribution in [0.15, 0.2) is 34.9 Å². The molecule has 1 heterocycles. The van der Waals surface area contributed by atoms with Crippen molar-refractivity contribution in [3.8, 4) is 5.75 Å². The summed E-state index contributed by atoms with van der Waals surface area (Å²) in [5.74, 6) is 0.913. The van der Waals surface area contributed by atoms with Gasteiger partial charge in [-0.15, -0.1) is 0 Å². The summed E-state index contributed by atoms with van der Waals surface area (Å²) < 4.78 is 10.7. The third kappa shape index (κ3) is 3.01. The molecule has 0 radical (unpaired) electrons. The number of furan rings is 1. The van der Waals surface area contributed by atoms with Crippen LogP contribution in [-0.2, 0) is 0 Å². The van der Waals surface area contributed by atoms with Gasteiger partial charge in [-0.3, -0.25) is 0 Å². The maximum Gasteiger partial charge on any atom is 0.134 e. The lowest BCUT2D eigenvalue weighted by Gasteiger charge is -2.02. The van der Waals surface area contributed by atoms with Crippen molar-refractivity contribution in [3.05, 3.63) is 30.5 Å². The van der Waals surface area contributed by atoms with Crippen molar-refractivity contribution in [2.45, 2.75) is 27.2 Å². The lowest BCUT2D eigenvalue weighted by atomic mass is 10.2. The Balaban J connectivity index is 0.000000531. The molecule has 15 heavy (non-hydrogen) atoms. The van der Waals surface area contributed by atoms with E-state index in [4.69, 9.17) is 9.15 Å². The van der Waals surface area contributed by atoms with Crippen LogP contribution in [0.2, 0.25) is 0 Å². The summed E-state index contributed by atoms with van der Waals surface area (Å²) in [5.41, 5.74) is 0.906. The fourth-order valence-electron chi connectivity index (χ4n) is 1.25. The molecule has 0 aliphatic carbocycles. The third-order valence-corrected chi connectivity index (χ3v) is 1.90.